The van der Waals surface area contributed by atoms with Gasteiger partial charge in [0.25, 0.3) is 5.91 Å². The number of carbonyl (C=O) groups excluding carboxylic acids is 1. The Balaban J connectivity index is 2.07. The standard InChI is InChI=1S/C12H12ClNO4/c13-9-6-7(3-4-8(9)12(16)17)14-11(15)10-2-1-5-18-10/h3-4,6,10H,1-2,5H2,(H,14,15)(H,16,17). The minimum Gasteiger partial charge on any atom is -0.478 e. The summed E-state index contributed by atoms with van der Waals surface area (Å²) in [5.74, 6) is -1.33. The fourth-order valence-electron chi connectivity index (χ4n) is 1.77. The van der Waals surface area contributed by atoms with Crippen LogP contribution in [0.25, 0.3) is 0 Å². The van der Waals surface area contributed by atoms with Crippen LogP contribution < -0.4 is 5.32 Å². The Kier molecular flexibility index (Phi) is 3.84. The Morgan fingerprint density at radius 2 is 2.22 bits per heavy atom. The maximum Gasteiger partial charge on any atom is 0.337 e. The van der Waals surface area contributed by atoms with Crippen molar-refractivity contribution in [1.82, 2.24) is 0 Å². The van der Waals surface area contributed by atoms with Gasteiger partial charge in [-0.25, -0.2) is 4.79 Å². The smallest absolute Gasteiger partial charge is 0.337 e. The molecule has 96 valence electrons. The number of benzene rings is 1. The van der Waals surface area contributed by atoms with Crippen LogP contribution >= 0.6 is 11.6 Å². The Hall–Kier alpha value is -1.59. The van der Waals surface area contributed by atoms with Gasteiger partial charge in [-0.3, -0.25) is 4.79 Å². The number of rotatable bonds is 3. The van der Waals surface area contributed by atoms with Crippen LogP contribution in [-0.4, -0.2) is 29.7 Å². The largest absolute Gasteiger partial charge is 0.478 e. The van der Waals surface area contributed by atoms with E-state index in [4.69, 9.17) is 21.4 Å². The van der Waals surface area contributed by atoms with Gasteiger partial charge in [-0.15, -0.1) is 0 Å². The lowest BCUT2D eigenvalue weighted by Crippen LogP contribution is -2.26. The van der Waals surface area contributed by atoms with Crippen LogP contribution in [0.1, 0.15) is 23.2 Å². The fourth-order valence-corrected chi connectivity index (χ4v) is 2.03. The van der Waals surface area contributed by atoms with Crippen LogP contribution in [0.4, 0.5) is 5.69 Å². The van der Waals surface area contributed by atoms with E-state index in [-0.39, 0.29) is 16.5 Å². The topological polar surface area (TPSA) is 75.6 Å². The summed E-state index contributed by atoms with van der Waals surface area (Å²) in [5, 5.41) is 11.6. The lowest BCUT2D eigenvalue weighted by atomic mass is 10.2. The second-order valence-corrected chi connectivity index (χ2v) is 4.40. The molecule has 1 aliphatic heterocycles. The fraction of sp³-hybridized carbons (Fsp3) is 0.333. The van der Waals surface area contributed by atoms with E-state index in [1.165, 1.54) is 18.2 Å². The molecule has 0 aromatic heterocycles. The molecule has 0 saturated carbocycles. The highest BCUT2D eigenvalue weighted by Gasteiger charge is 2.23. The minimum atomic E-state index is -1.10. The highest BCUT2D eigenvalue weighted by atomic mass is 35.5. The maximum absolute atomic E-state index is 11.7. The number of nitrogens with one attached hydrogen (secondary N) is 1. The Bertz CT molecular complexity index is 483. The summed E-state index contributed by atoms with van der Waals surface area (Å²) in [6.07, 6.45) is 1.15. The Morgan fingerprint density at radius 3 is 2.78 bits per heavy atom. The van der Waals surface area contributed by atoms with Gasteiger partial charge in [-0.1, -0.05) is 11.6 Å². The van der Waals surface area contributed by atoms with Crippen molar-refractivity contribution in [3.63, 3.8) is 0 Å². The molecular formula is C12H12ClNO4. The molecule has 18 heavy (non-hydrogen) atoms. The zero-order valence-electron chi connectivity index (χ0n) is 9.48. The van der Waals surface area contributed by atoms with Crippen LogP contribution in [0.5, 0.6) is 0 Å². The van der Waals surface area contributed by atoms with Gasteiger partial charge in [-0.05, 0) is 31.0 Å². The number of halogens is 1. The normalized spacial score (nSPS) is 18.6. The van der Waals surface area contributed by atoms with E-state index < -0.39 is 12.1 Å². The number of aromatic carboxylic acids is 1. The first-order valence-electron chi connectivity index (χ1n) is 5.53. The number of ether oxygens (including phenoxy) is 1. The molecule has 1 atom stereocenters. The lowest BCUT2D eigenvalue weighted by molar-refractivity contribution is -0.124. The molecule has 0 radical (unpaired) electrons. The molecule has 1 amide bonds. The summed E-state index contributed by atoms with van der Waals surface area (Å²) in [5.41, 5.74) is 0.470. The van der Waals surface area contributed by atoms with Gasteiger partial charge in [0.2, 0.25) is 0 Å². The molecule has 1 aliphatic rings. The van der Waals surface area contributed by atoms with Crippen molar-refractivity contribution >= 4 is 29.2 Å². The summed E-state index contributed by atoms with van der Waals surface area (Å²) in [4.78, 5) is 22.5. The molecule has 0 spiro atoms. The second kappa shape index (κ2) is 5.37. The number of carboxylic acid groups (broad SMARTS) is 1. The monoisotopic (exact) mass is 269 g/mol. The van der Waals surface area contributed by atoms with E-state index >= 15 is 0 Å². The molecule has 1 aromatic rings. The summed E-state index contributed by atoms with van der Waals surface area (Å²) in [6.45, 7) is 0.594. The molecule has 5 nitrogen and oxygen atoms in total. The van der Waals surface area contributed by atoms with Gasteiger partial charge in [0, 0.05) is 12.3 Å². The number of carboxylic acids is 1. The highest BCUT2D eigenvalue weighted by molar-refractivity contribution is 6.33. The number of carbonyl (C=O) groups is 2. The summed E-state index contributed by atoms with van der Waals surface area (Å²) in [6, 6.07) is 4.27. The van der Waals surface area contributed by atoms with Gasteiger partial charge in [0.15, 0.2) is 0 Å². The Morgan fingerprint density at radius 1 is 1.44 bits per heavy atom. The maximum atomic E-state index is 11.7. The van der Waals surface area contributed by atoms with E-state index in [1.807, 2.05) is 0 Å². The molecule has 1 saturated heterocycles. The van der Waals surface area contributed by atoms with Crippen molar-refractivity contribution in [3.05, 3.63) is 28.8 Å². The molecule has 0 bridgehead atoms. The molecule has 1 unspecified atom stereocenters. The third-order valence-corrected chi connectivity index (χ3v) is 3.00. The average molecular weight is 270 g/mol. The van der Waals surface area contributed by atoms with Gasteiger partial charge in [0.05, 0.1) is 10.6 Å². The van der Waals surface area contributed by atoms with Crippen LogP contribution in [0, 0.1) is 0 Å². The first kappa shape index (κ1) is 12.9. The number of hydrogen-bond acceptors (Lipinski definition) is 3. The van der Waals surface area contributed by atoms with Crippen LogP contribution in [0.15, 0.2) is 18.2 Å². The van der Waals surface area contributed by atoms with E-state index in [0.29, 0.717) is 18.7 Å². The van der Waals surface area contributed by atoms with E-state index in [0.717, 1.165) is 6.42 Å². The zero-order valence-corrected chi connectivity index (χ0v) is 10.2. The van der Waals surface area contributed by atoms with Gasteiger partial charge in [0.1, 0.15) is 6.10 Å². The molecule has 1 fully saturated rings. The number of amides is 1. The molecule has 0 aliphatic carbocycles. The molecule has 1 aromatic carbocycles. The van der Waals surface area contributed by atoms with Crippen LogP contribution in [0.3, 0.4) is 0 Å². The predicted molar refractivity (Wildman–Crippen MR) is 66.0 cm³/mol. The molecule has 6 heteroatoms. The molecule has 2 rings (SSSR count). The minimum absolute atomic E-state index is 0.00628. The molecular weight excluding hydrogens is 258 g/mol. The SMILES string of the molecule is O=C(O)c1ccc(NC(=O)C2CCCO2)cc1Cl. The van der Waals surface area contributed by atoms with Crippen molar-refractivity contribution in [2.75, 3.05) is 11.9 Å². The van der Waals surface area contributed by atoms with Crippen molar-refractivity contribution in [3.8, 4) is 0 Å². The lowest BCUT2D eigenvalue weighted by Gasteiger charge is -2.11. The Labute approximate surface area is 109 Å². The third kappa shape index (κ3) is 2.80. The van der Waals surface area contributed by atoms with Gasteiger partial charge >= 0.3 is 5.97 Å². The molecule has 2 N–H and O–H groups in total. The second-order valence-electron chi connectivity index (χ2n) is 3.99. The summed E-state index contributed by atoms with van der Waals surface area (Å²) in [7, 11) is 0. The highest BCUT2D eigenvalue weighted by Crippen LogP contribution is 2.22. The average Bonchev–Trinajstić information content (AvgIpc) is 2.81. The van der Waals surface area contributed by atoms with E-state index in [1.54, 1.807) is 0 Å². The molecule has 1 heterocycles. The van der Waals surface area contributed by atoms with E-state index in [2.05, 4.69) is 5.32 Å². The van der Waals surface area contributed by atoms with Gasteiger partial charge in [-0.2, -0.15) is 0 Å². The quantitative estimate of drug-likeness (QED) is 0.882. The van der Waals surface area contributed by atoms with Crippen molar-refractivity contribution < 1.29 is 19.4 Å². The summed E-state index contributed by atoms with van der Waals surface area (Å²) < 4.78 is 5.24. The first-order valence-corrected chi connectivity index (χ1v) is 5.91. The number of anilines is 1. The first-order chi connectivity index (χ1) is 8.58. The van der Waals surface area contributed by atoms with E-state index in [9.17, 15) is 9.59 Å². The van der Waals surface area contributed by atoms with Crippen molar-refractivity contribution in [2.45, 2.75) is 18.9 Å². The summed E-state index contributed by atoms with van der Waals surface area (Å²) >= 11 is 5.80. The predicted octanol–water partition coefficient (Wildman–Crippen LogP) is 2.16. The van der Waals surface area contributed by atoms with Crippen molar-refractivity contribution in [1.29, 1.82) is 0 Å². The van der Waals surface area contributed by atoms with Crippen molar-refractivity contribution in [2.24, 2.45) is 0 Å². The third-order valence-electron chi connectivity index (χ3n) is 2.69. The van der Waals surface area contributed by atoms with Gasteiger partial charge < -0.3 is 15.2 Å². The number of hydrogen-bond donors (Lipinski definition) is 2. The van der Waals surface area contributed by atoms with Crippen LogP contribution in [-0.2, 0) is 9.53 Å². The van der Waals surface area contributed by atoms with Crippen LogP contribution in [0.2, 0.25) is 5.02 Å². The zero-order chi connectivity index (χ0) is 13.1.